The summed E-state index contributed by atoms with van der Waals surface area (Å²) in [7, 11) is 0. The topological polar surface area (TPSA) is 61.4 Å². The van der Waals surface area contributed by atoms with Gasteiger partial charge in [-0.05, 0) is 25.2 Å². The van der Waals surface area contributed by atoms with Crippen LogP contribution < -0.4 is 10.6 Å². The van der Waals surface area contributed by atoms with E-state index in [1.807, 2.05) is 0 Å². The fourth-order valence-corrected chi connectivity index (χ4v) is 3.77. The van der Waals surface area contributed by atoms with Crippen molar-refractivity contribution in [3.63, 3.8) is 0 Å². The van der Waals surface area contributed by atoms with Crippen LogP contribution in [0.2, 0.25) is 0 Å². The van der Waals surface area contributed by atoms with Crippen LogP contribution in [0.4, 0.5) is 0 Å². The van der Waals surface area contributed by atoms with Gasteiger partial charge >= 0.3 is 0 Å². The minimum atomic E-state index is -0.200. The maximum absolute atomic E-state index is 12.0. The molecule has 0 radical (unpaired) electrons. The van der Waals surface area contributed by atoms with Crippen LogP contribution in [-0.4, -0.2) is 36.2 Å². The van der Waals surface area contributed by atoms with Gasteiger partial charge in [-0.3, -0.25) is 4.79 Å². The number of rotatable bonds is 1. The van der Waals surface area contributed by atoms with E-state index in [0.717, 1.165) is 19.4 Å². The molecular formula is C11H18N2O2. The zero-order chi connectivity index (χ0) is 10.5. The molecule has 0 aromatic rings. The van der Waals surface area contributed by atoms with Gasteiger partial charge in [-0.15, -0.1) is 0 Å². The highest BCUT2D eigenvalue weighted by molar-refractivity contribution is 5.86. The first-order valence-electron chi connectivity index (χ1n) is 5.91. The van der Waals surface area contributed by atoms with Gasteiger partial charge < -0.3 is 15.7 Å². The summed E-state index contributed by atoms with van der Waals surface area (Å²) in [6.07, 6.45) is 4.36. The van der Waals surface area contributed by atoms with Gasteiger partial charge in [0.05, 0.1) is 12.0 Å². The van der Waals surface area contributed by atoms with Gasteiger partial charge in [0.25, 0.3) is 0 Å². The van der Waals surface area contributed by atoms with Crippen molar-refractivity contribution < 1.29 is 9.90 Å². The number of aliphatic hydroxyl groups is 1. The van der Waals surface area contributed by atoms with E-state index in [0.29, 0.717) is 12.0 Å². The lowest BCUT2D eigenvalue weighted by molar-refractivity contribution is -0.128. The molecule has 1 amide bonds. The molecular weight excluding hydrogens is 192 g/mol. The Morgan fingerprint density at radius 3 is 3.07 bits per heavy atom. The molecule has 15 heavy (non-hydrogen) atoms. The zero-order valence-electron chi connectivity index (χ0n) is 8.83. The van der Waals surface area contributed by atoms with Crippen molar-refractivity contribution in [1.29, 1.82) is 0 Å². The summed E-state index contributed by atoms with van der Waals surface area (Å²) in [6.45, 7) is 0.900. The molecule has 0 aromatic heterocycles. The molecule has 84 valence electrons. The van der Waals surface area contributed by atoms with Crippen LogP contribution >= 0.6 is 0 Å². The maximum atomic E-state index is 12.0. The van der Waals surface area contributed by atoms with Crippen molar-refractivity contribution >= 4 is 5.91 Å². The maximum Gasteiger partial charge on any atom is 0.228 e. The van der Waals surface area contributed by atoms with E-state index < -0.39 is 0 Å². The molecule has 0 aromatic carbocycles. The molecule has 3 aliphatic rings. The van der Waals surface area contributed by atoms with E-state index in [4.69, 9.17) is 5.11 Å². The molecule has 1 saturated carbocycles. The van der Waals surface area contributed by atoms with Crippen LogP contribution in [0.5, 0.6) is 0 Å². The second-order valence-corrected chi connectivity index (χ2v) is 5.24. The van der Waals surface area contributed by atoms with E-state index in [9.17, 15) is 4.79 Å². The van der Waals surface area contributed by atoms with Crippen LogP contribution in [-0.2, 0) is 4.79 Å². The highest BCUT2D eigenvalue weighted by atomic mass is 16.3. The van der Waals surface area contributed by atoms with E-state index in [2.05, 4.69) is 10.6 Å². The van der Waals surface area contributed by atoms with Crippen molar-refractivity contribution in [2.45, 2.75) is 37.8 Å². The summed E-state index contributed by atoms with van der Waals surface area (Å²) in [5.41, 5.74) is -0.200. The SMILES string of the molecule is O=C1NC2CCC[C@@H]2C12CNC(CO)C2. The first-order chi connectivity index (χ1) is 7.26. The Kier molecular flexibility index (Phi) is 2.04. The summed E-state index contributed by atoms with van der Waals surface area (Å²) in [4.78, 5) is 12.0. The molecule has 4 heteroatoms. The van der Waals surface area contributed by atoms with Gasteiger partial charge in [-0.1, -0.05) is 6.42 Å². The number of fused-ring (bicyclic) bond motifs is 2. The van der Waals surface area contributed by atoms with Gasteiger partial charge in [0.15, 0.2) is 0 Å². The minimum Gasteiger partial charge on any atom is -0.395 e. The quantitative estimate of drug-likeness (QED) is 0.553. The molecule has 3 N–H and O–H groups in total. The molecule has 2 aliphatic heterocycles. The number of carbonyl (C=O) groups excluding carboxylic acids is 1. The number of nitrogens with one attached hydrogen (secondary N) is 2. The summed E-state index contributed by atoms with van der Waals surface area (Å²) < 4.78 is 0. The molecule has 4 nitrogen and oxygen atoms in total. The molecule has 0 bridgehead atoms. The number of aliphatic hydroxyl groups excluding tert-OH is 1. The first-order valence-corrected chi connectivity index (χ1v) is 5.91. The number of hydrogen-bond acceptors (Lipinski definition) is 3. The Hall–Kier alpha value is -0.610. The van der Waals surface area contributed by atoms with Crippen molar-refractivity contribution in [2.75, 3.05) is 13.2 Å². The summed E-state index contributed by atoms with van der Waals surface area (Å²) in [5, 5.41) is 15.5. The summed E-state index contributed by atoms with van der Waals surface area (Å²) >= 11 is 0. The summed E-state index contributed by atoms with van der Waals surface area (Å²) in [6, 6.07) is 0.534. The van der Waals surface area contributed by atoms with Gasteiger partial charge in [-0.25, -0.2) is 0 Å². The third kappa shape index (κ3) is 1.18. The Morgan fingerprint density at radius 1 is 1.47 bits per heavy atom. The largest absolute Gasteiger partial charge is 0.395 e. The molecule has 4 atom stereocenters. The van der Waals surface area contributed by atoms with Crippen LogP contribution in [0.15, 0.2) is 0 Å². The molecule has 2 heterocycles. The Balaban J connectivity index is 1.87. The molecule has 1 aliphatic carbocycles. The van der Waals surface area contributed by atoms with Crippen LogP contribution in [0.25, 0.3) is 0 Å². The fourth-order valence-electron chi connectivity index (χ4n) is 3.77. The zero-order valence-corrected chi connectivity index (χ0v) is 8.83. The molecule has 1 spiro atoms. The van der Waals surface area contributed by atoms with Crippen LogP contribution in [0.1, 0.15) is 25.7 Å². The standard InChI is InChI=1S/C11H18N2O2/c14-5-7-4-11(6-12-7)8-2-1-3-9(8)13-10(11)15/h7-9,12,14H,1-6H2,(H,13,15)/t7?,8-,9?,11?/m0/s1. The molecule has 2 saturated heterocycles. The van der Waals surface area contributed by atoms with Gasteiger partial charge in [-0.2, -0.15) is 0 Å². The second kappa shape index (κ2) is 3.19. The second-order valence-electron chi connectivity index (χ2n) is 5.24. The normalized spacial score (nSPS) is 48.6. The predicted octanol–water partition coefficient (Wildman–Crippen LogP) is -0.375. The highest BCUT2D eigenvalue weighted by Gasteiger charge is 2.58. The van der Waals surface area contributed by atoms with Crippen molar-refractivity contribution in [2.24, 2.45) is 11.3 Å². The van der Waals surface area contributed by atoms with Crippen molar-refractivity contribution in [3.8, 4) is 0 Å². The lowest BCUT2D eigenvalue weighted by Crippen LogP contribution is -2.37. The van der Waals surface area contributed by atoms with Gasteiger partial charge in [0, 0.05) is 18.6 Å². The predicted molar refractivity (Wildman–Crippen MR) is 55.2 cm³/mol. The van der Waals surface area contributed by atoms with Gasteiger partial charge in [0.2, 0.25) is 5.91 Å². The van der Waals surface area contributed by atoms with E-state index in [1.54, 1.807) is 0 Å². The Labute approximate surface area is 89.4 Å². The smallest absolute Gasteiger partial charge is 0.228 e. The molecule has 3 fully saturated rings. The van der Waals surface area contributed by atoms with Crippen LogP contribution in [0, 0.1) is 11.3 Å². The van der Waals surface area contributed by atoms with Crippen LogP contribution in [0.3, 0.4) is 0 Å². The number of amides is 1. The Morgan fingerprint density at radius 2 is 2.33 bits per heavy atom. The minimum absolute atomic E-state index is 0.120. The molecule has 3 unspecified atom stereocenters. The highest BCUT2D eigenvalue weighted by Crippen LogP contribution is 2.49. The summed E-state index contributed by atoms with van der Waals surface area (Å²) in [5.74, 6) is 0.731. The average Bonchev–Trinajstić information content (AvgIpc) is 2.87. The molecule has 3 rings (SSSR count). The third-order valence-corrected chi connectivity index (χ3v) is 4.53. The lowest BCUT2D eigenvalue weighted by atomic mass is 9.74. The van der Waals surface area contributed by atoms with Crippen molar-refractivity contribution in [3.05, 3.63) is 0 Å². The van der Waals surface area contributed by atoms with E-state index >= 15 is 0 Å². The van der Waals surface area contributed by atoms with Gasteiger partial charge in [0.1, 0.15) is 0 Å². The fraction of sp³-hybridized carbons (Fsp3) is 0.909. The third-order valence-electron chi connectivity index (χ3n) is 4.53. The average molecular weight is 210 g/mol. The lowest BCUT2D eigenvalue weighted by Gasteiger charge is -2.26. The van der Waals surface area contributed by atoms with E-state index in [-0.39, 0.29) is 24.0 Å². The van der Waals surface area contributed by atoms with E-state index in [1.165, 1.54) is 12.8 Å². The Bertz CT molecular complexity index is 294. The number of hydrogen-bond donors (Lipinski definition) is 3. The van der Waals surface area contributed by atoms with Crippen molar-refractivity contribution in [1.82, 2.24) is 10.6 Å². The first kappa shape index (κ1) is 9.60. The monoisotopic (exact) mass is 210 g/mol. The number of carbonyl (C=O) groups is 1.